The van der Waals surface area contributed by atoms with Crippen molar-refractivity contribution in [3.63, 3.8) is 0 Å². The first-order chi connectivity index (χ1) is 13.7. The number of carbonyl (C=O) groups is 1. The van der Waals surface area contributed by atoms with Gasteiger partial charge in [-0.2, -0.15) is 0 Å². The molecule has 2 aromatic heterocycles. The van der Waals surface area contributed by atoms with Crippen LogP contribution >= 0.6 is 11.8 Å². The standard InChI is InChI=1S/C19H16N6O2S/c1-28-18-15(19(26)27)22-17(23-18)16(25-21-11-20-24-25)14-9-7-13(8-10-14)12-5-3-2-4-6-12/h2-11,16H,1H3,(H,22,23)(H,26,27). The number of H-pyrrole nitrogens is 1. The van der Waals surface area contributed by atoms with E-state index in [1.54, 1.807) is 6.26 Å². The summed E-state index contributed by atoms with van der Waals surface area (Å²) in [4.78, 5) is 20.3. The number of carboxylic acid groups (broad SMARTS) is 1. The molecule has 0 amide bonds. The van der Waals surface area contributed by atoms with Gasteiger partial charge in [-0.1, -0.05) is 54.6 Å². The molecule has 28 heavy (non-hydrogen) atoms. The Morgan fingerprint density at radius 1 is 1.11 bits per heavy atom. The number of hydrogen-bond donors (Lipinski definition) is 2. The largest absolute Gasteiger partial charge is 0.476 e. The molecule has 0 bridgehead atoms. The molecule has 1 unspecified atom stereocenters. The maximum Gasteiger partial charge on any atom is 0.355 e. The molecule has 0 spiro atoms. The zero-order chi connectivity index (χ0) is 19.5. The summed E-state index contributed by atoms with van der Waals surface area (Å²) in [5.41, 5.74) is 3.09. The lowest BCUT2D eigenvalue weighted by Gasteiger charge is -2.14. The molecule has 0 aliphatic rings. The number of aromatic nitrogens is 6. The van der Waals surface area contributed by atoms with Crippen LogP contribution in [0.15, 0.2) is 66.0 Å². The molecule has 140 valence electrons. The van der Waals surface area contributed by atoms with Crippen molar-refractivity contribution in [1.29, 1.82) is 0 Å². The van der Waals surface area contributed by atoms with E-state index in [1.165, 1.54) is 22.9 Å². The highest BCUT2D eigenvalue weighted by molar-refractivity contribution is 7.98. The van der Waals surface area contributed by atoms with Gasteiger partial charge in [-0.25, -0.2) is 9.78 Å². The third kappa shape index (κ3) is 3.39. The second-order valence-electron chi connectivity index (χ2n) is 5.96. The highest BCUT2D eigenvalue weighted by Gasteiger charge is 2.26. The van der Waals surface area contributed by atoms with Crippen LogP contribution in [0.2, 0.25) is 0 Å². The predicted octanol–water partition coefficient (Wildman–Crippen LogP) is 3.12. The molecular weight excluding hydrogens is 376 g/mol. The molecule has 2 aromatic carbocycles. The van der Waals surface area contributed by atoms with Gasteiger partial charge in [0.25, 0.3) is 0 Å². The smallest absolute Gasteiger partial charge is 0.355 e. The minimum absolute atomic E-state index is 0.0496. The molecule has 1 atom stereocenters. The molecule has 0 aliphatic carbocycles. The summed E-state index contributed by atoms with van der Waals surface area (Å²) < 4.78 is 0. The number of benzene rings is 2. The number of nitrogens with zero attached hydrogens (tertiary/aromatic N) is 5. The van der Waals surface area contributed by atoms with Crippen LogP contribution in [0.25, 0.3) is 11.1 Å². The average molecular weight is 392 g/mol. The van der Waals surface area contributed by atoms with Crippen molar-refractivity contribution in [3.8, 4) is 11.1 Å². The summed E-state index contributed by atoms with van der Waals surface area (Å²) in [6.07, 6.45) is 3.12. The van der Waals surface area contributed by atoms with E-state index in [0.717, 1.165) is 16.7 Å². The highest BCUT2D eigenvalue weighted by Crippen LogP contribution is 2.29. The minimum atomic E-state index is -1.06. The molecule has 0 radical (unpaired) electrons. The van der Waals surface area contributed by atoms with Gasteiger partial charge in [0.05, 0.1) is 0 Å². The Balaban J connectivity index is 1.77. The molecule has 0 fully saturated rings. The van der Waals surface area contributed by atoms with E-state index in [0.29, 0.717) is 10.9 Å². The Bertz CT molecular complexity index is 1080. The first kappa shape index (κ1) is 17.9. The molecule has 2 N–H and O–H groups in total. The first-order valence-corrected chi connectivity index (χ1v) is 9.65. The van der Waals surface area contributed by atoms with Crippen LogP contribution < -0.4 is 0 Å². The molecule has 0 saturated carbocycles. The van der Waals surface area contributed by atoms with Gasteiger partial charge in [-0.15, -0.1) is 26.8 Å². The summed E-state index contributed by atoms with van der Waals surface area (Å²) in [5.74, 6) is -0.625. The number of imidazole rings is 1. The first-order valence-electron chi connectivity index (χ1n) is 8.42. The van der Waals surface area contributed by atoms with Crippen molar-refractivity contribution in [2.45, 2.75) is 11.1 Å². The van der Waals surface area contributed by atoms with E-state index in [-0.39, 0.29) is 5.69 Å². The van der Waals surface area contributed by atoms with Crippen molar-refractivity contribution >= 4 is 17.7 Å². The van der Waals surface area contributed by atoms with Crippen LogP contribution in [0.5, 0.6) is 0 Å². The number of aromatic carboxylic acids is 1. The maximum absolute atomic E-state index is 11.5. The van der Waals surface area contributed by atoms with Crippen molar-refractivity contribution in [2.75, 3.05) is 6.26 Å². The number of aromatic amines is 1. The maximum atomic E-state index is 11.5. The number of nitrogens with one attached hydrogen (secondary N) is 1. The zero-order valence-corrected chi connectivity index (χ0v) is 15.7. The van der Waals surface area contributed by atoms with E-state index >= 15 is 0 Å². The van der Waals surface area contributed by atoms with Crippen LogP contribution in [0.3, 0.4) is 0 Å². The predicted molar refractivity (Wildman–Crippen MR) is 104 cm³/mol. The van der Waals surface area contributed by atoms with Gasteiger partial charge in [0.2, 0.25) is 0 Å². The Kier molecular flexibility index (Phi) is 4.90. The number of tetrazole rings is 1. The fraction of sp³-hybridized carbons (Fsp3) is 0.105. The van der Waals surface area contributed by atoms with Crippen molar-refractivity contribution in [2.24, 2.45) is 0 Å². The van der Waals surface area contributed by atoms with Crippen molar-refractivity contribution in [3.05, 3.63) is 78.0 Å². The Labute approximate surface area is 164 Å². The third-order valence-electron chi connectivity index (χ3n) is 4.28. The lowest BCUT2D eigenvalue weighted by Crippen LogP contribution is -2.17. The topological polar surface area (TPSA) is 110 Å². The highest BCUT2D eigenvalue weighted by atomic mass is 32.2. The zero-order valence-electron chi connectivity index (χ0n) is 14.9. The van der Waals surface area contributed by atoms with E-state index in [1.807, 2.05) is 54.6 Å². The van der Waals surface area contributed by atoms with Gasteiger partial charge in [0.1, 0.15) is 10.9 Å². The summed E-state index contributed by atoms with van der Waals surface area (Å²) in [6, 6.07) is 17.4. The molecule has 4 rings (SSSR count). The lowest BCUT2D eigenvalue weighted by atomic mass is 10.0. The van der Waals surface area contributed by atoms with Crippen LogP contribution in [0, 0.1) is 0 Å². The normalized spacial score (nSPS) is 12.0. The number of rotatable bonds is 6. The average Bonchev–Trinajstić information content (AvgIpc) is 3.40. The van der Waals surface area contributed by atoms with Crippen molar-refractivity contribution in [1.82, 2.24) is 30.2 Å². The molecule has 4 aromatic rings. The fourth-order valence-electron chi connectivity index (χ4n) is 2.98. The van der Waals surface area contributed by atoms with E-state index < -0.39 is 12.0 Å². The summed E-state index contributed by atoms with van der Waals surface area (Å²) in [5, 5.41) is 21.8. The van der Waals surface area contributed by atoms with Gasteiger partial charge in [-0.3, -0.25) is 0 Å². The van der Waals surface area contributed by atoms with Crippen LogP contribution in [0.4, 0.5) is 0 Å². The molecular formula is C19H16N6O2S. The monoisotopic (exact) mass is 392 g/mol. The third-order valence-corrected chi connectivity index (χ3v) is 4.97. The summed E-state index contributed by atoms with van der Waals surface area (Å²) >= 11 is 1.27. The second-order valence-corrected chi connectivity index (χ2v) is 6.75. The van der Waals surface area contributed by atoms with Gasteiger partial charge in [0, 0.05) is 0 Å². The second kappa shape index (κ2) is 7.65. The molecule has 8 nitrogen and oxygen atoms in total. The quantitative estimate of drug-likeness (QED) is 0.485. The lowest BCUT2D eigenvalue weighted by molar-refractivity contribution is 0.0687. The van der Waals surface area contributed by atoms with Gasteiger partial charge >= 0.3 is 5.97 Å². The molecule has 9 heteroatoms. The van der Waals surface area contributed by atoms with E-state index in [4.69, 9.17) is 0 Å². The summed E-state index contributed by atoms with van der Waals surface area (Å²) in [6.45, 7) is 0. The SMILES string of the molecule is CSc1nc(C(c2ccc(-c3ccccc3)cc2)n2ncnn2)[nH]c1C(=O)O. The molecule has 0 aliphatic heterocycles. The number of hydrogen-bond acceptors (Lipinski definition) is 6. The fourth-order valence-corrected chi connectivity index (χ4v) is 3.51. The molecule has 2 heterocycles. The van der Waals surface area contributed by atoms with Gasteiger partial charge in [-0.05, 0) is 28.2 Å². The van der Waals surface area contributed by atoms with Crippen LogP contribution in [-0.4, -0.2) is 47.5 Å². The van der Waals surface area contributed by atoms with Crippen LogP contribution in [-0.2, 0) is 0 Å². The van der Waals surface area contributed by atoms with E-state index in [9.17, 15) is 9.90 Å². The Morgan fingerprint density at radius 3 is 2.39 bits per heavy atom. The van der Waals surface area contributed by atoms with E-state index in [2.05, 4.69) is 25.4 Å². The summed E-state index contributed by atoms with van der Waals surface area (Å²) in [7, 11) is 0. The van der Waals surface area contributed by atoms with Crippen LogP contribution in [0.1, 0.15) is 27.9 Å². The Hall–Kier alpha value is -3.46. The Morgan fingerprint density at radius 2 is 1.82 bits per heavy atom. The van der Waals surface area contributed by atoms with Crippen molar-refractivity contribution < 1.29 is 9.90 Å². The van der Waals surface area contributed by atoms with Gasteiger partial charge < -0.3 is 10.1 Å². The number of thioether (sulfide) groups is 1. The molecule has 0 saturated heterocycles. The van der Waals surface area contributed by atoms with Gasteiger partial charge in [0.15, 0.2) is 18.1 Å². The number of carboxylic acids is 1. The minimum Gasteiger partial charge on any atom is -0.476 e.